The Balaban J connectivity index is 1.82. The summed E-state index contributed by atoms with van der Waals surface area (Å²) in [5.74, 6) is -0.0645. The lowest BCUT2D eigenvalue weighted by atomic mass is 10.1. The van der Waals surface area contributed by atoms with Gasteiger partial charge in [-0.25, -0.2) is 8.42 Å². The minimum atomic E-state index is -3.24. The Kier molecular flexibility index (Phi) is 3.96. The highest BCUT2D eigenvalue weighted by molar-refractivity contribution is 7.90. The summed E-state index contributed by atoms with van der Waals surface area (Å²) in [4.78, 5) is 12.6. The van der Waals surface area contributed by atoms with Crippen LogP contribution in [0.25, 0.3) is 10.8 Å². The molecule has 0 unspecified atom stereocenters. The fourth-order valence-electron chi connectivity index (χ4n) is 2.42. The summed E-state index contributed by atoms with van der Waals surface area (Å²) in [5.41, 5.74) is 0.498. The number of carbonyl (C=O) groups excluding carboxylic acids is 1. The van der Waals surface area contributed by atoms with Gasteiger partial charge in [-0.3, -0.25) is 4.79 Å². The van der Waals surface area contributed by atoms with Gasteiger partial charge in [-0.05, 0) is 35.7 Å². The molecule has 0 N–H and O–H groups in total. The van der Waals surface area contributed by atoms with Crippen LogP contribution in [0.2, 0.25) is 0 Å². The number of fused-ring (bicyclic) bond motifs is 1. The van der Waals surface area contributed by atoms with Gasteiger partial charge in [0.2, 0.25) is 12.3 Å². The number of rotatable bonds is 4. The summed E-state index contributed by atoms with van der Waals surface area (Å²) in [6.07, 6.45) is 4.94. The van der Waals surface area contributed by atoms with Gasteiger partial charge >= 0.3 is 0 Å². The van der Waals surface area contributed by atoms with E-state index in [1.165, 1.54) is 12.1 Å². The molecule has 5 heteroatoms. The SMILES string of the molecule is CS(=O)(=O)c1ccc(C(=O)C[n+]2ccc3ccccc3c2)cc1. The van der Waals surface area contributed by atoms with E-state index in [4.69, 9.17) is 0 Å². The zero-order valence-corrected chi connectivity index (χ0v) is 13.5. The van der Waals surface area contributed by atoms with Gasteiger partial charge in [-0.2, -0.15) is 4.57 Å². The predicted molar refractivity (Wildman–Crippen MR) is 88.0 cm³/mol. The summed E-state index contributed by atoms with van der Waals surface area (Å²) in [7, 11) is -3.24. The summed E-state index contributed by atoms with van der Waals surface area (Å²) in [5, 5.41) is 2.18. The van der Waals surface area contributed by atoms with Crippen molar-refractivity contribution >= 4 is 26.4 Å². The van der Waals surface area contributed by atoms with E-state index in [0.717, 1.165) is 17.0 Å². The van der Waals surface area contributed by atoms with Gasteiger partial charge in [0.1, 0.15) is 0 Å². The molecule has 1 heterocycles. The number of pyridine rings is 1. The second-order valence-electron chi connectivity index (χ2n) is 5.47. The van der Waals surface area contributed by atoms with Crippen molar-refractivity contribution in [3.05, 3.63) is 72.6 Å². The molecule has 3 rings (SSSR count). The molecule has 0 bridgehead atoms. The second kappa shape index (κ2) is 5.93. The Morgan fingerprint density at radius 2 is 1.61 bits per heavy atom. The minimum absolute atomic E-state index is 0.0645. The third kappa shape index (κ3) is 3.46. The molecule has 3 aromatic rings. The molecule has 0 radical (unpaired) electrons. The molecule has 2 aromatic carbocycles. The highest BCUT2D eigenvalue weighted by Gasteiger charge is 2.14. The van der Waals surface area contributed by atoms with E-state index >= 15 is 0 Å². The molecule has 23 heavy (non-hydrogen) atoms. The van der Waals surface area contributed by atoms with E-state index in [-0.39, 0.29) is 17.2 Å². The molecule has 0 aliphatic rings. The number of benzene rings is 2. The first kappa shape index (κ1) is 15.4. The van der Waals surface area contributed by atoms with Crippen LogP contribution in [-0.2, 0) is 16.4 Å². The third-order valence-electron chi connectivity index (χ3n) is 3.68. The zero-order chi connectivity index (χ0) is 16.4. The number of hydrogen-bond donors (Lipinski definition) is 0. The minimum Gasteiger partial charge on any atom is -0.287 e. The van der Waals surface area contributed by atoms with Gasteiger partial charge in [-0.15, -0.1) is 0 Å². The molecule has 0 aliphatic heterocycles. The Morgan fingerprint density at radius 3 is 2.26 bits per heavy atom. The van der Waals surface area contributed by atoms with Crippen LogP contribution in [0.3, 0.4) is 0 Å². The Morgan fingerprint density at radius 1 is 0.957 bits per heavy atom. The fourth-order valence-corrected chi connectivity index (χ4v) is 3.05. The Bertz CT molecular complexity index is 977. The van der Waals surface area contributed by atoms with Gasteiger partial charge in [-0.1, -0.05) is 18.2 Å². The van der Waals surface area contributed by atoms with Crippen molar-refractivity contribution < 1.29 is 17.8 Å². The van der Waals surface area contributed by atoms with Crippen molar-refractivity contribution in [2.45, 2.75) is 11.4 Å². The molecule has 0 amide bonds. The number of nitrogens with zero attached hydrogens (tertiary/aromatic N) is 1. The van der Waals surface area contributed by atoms with Crippen LogP contribution in [0.5, 0.6) is 0 Å². The van der Waals surface area contributed by atoms with Crippen molar-refractivity contribution in [2.75, 3.05) is 6.26 Å². The lowest BCUT2D eigenvalue weighted by molar-refractivity contribution is -0.681. The van der Waals surface area contributed by atoms with Gasteiger partial charge in [0.05, 0.1) is 4.90 Å². The van der Waals surface area contributed by atoms with Crippen molar-refractivity contribution in [3.63, 3.8) is 0 Å². The molecule has 1 aromatic heterocycles. The van der Waals surface area contributed by atoms with Gasteiger partial charge in [0, 0.05) is 23.3 Å². The Labute approximate surface area is 134 Å². The number of sulfone groups is 1. The van der Waals surface area contributed by atoms with Gasteiger partial charge in [0.15, 0.2) is 22.2 Å². The number of Topliss-reactive ketones (excluding diaryl/α,β-unsaturated/α-hetero) is 1. The largest absolute Gasteiger partial charge is 0.287 e. The fraction of sp³-hybridized carbons (Fsp3) is 0.111. The number of aromatic nitrogens is 1. The Hall–Kier alpha value is -2.53. The van der Waals surface area contributed by atoms with Crippen molar-refractivity contribution in [3.8, 4) is 0 Å². The number of carbonyl (C=O) groups is 1. The average Bonchev–Trinajstić information content (AvgIpc) is 2.54. The highest BCUT2D eigenvalue weighted by atomic mass is 32.2. The van der Waals surface area contributed by atoms with Gasteiger partial charge in [0.25, 0.3) is 0 Å². The van der Waals surface area contributed by atoms with Crippen LogP contribution < -0.4 is 4.57 Å². The summed E-state index contributed by atoms with van der Waals surface area (Å²) < 4.78 is 24.7. The van der Waals surface area contributed by atoms with Crippen LogP contribution in [0.1, 0.15) is 10.4 Å². The molecule has 0 aliphatic carbocycles. The molecular formula is C18H16NO3S+. The number of hydrogen-bond acceptors (Lipinski definition) is 3. The third-order valence-corrected chi connectivity index (χ3v) is 4.81. The normalized spacial score (nSPS) is 11.5. The molecular weight excluding hydrogens is 310 g/mol. The maximum atomic E-state index is 12.3. The summed E-state index contributed by atoms with van der Waals surface area (Å²) in [6, 6.07) is 16.0. The van der Waals surface area contributed by atoms with Crippen molar-refractivity contribution in [1.82, 2.24) is 0 Å². The topological polar surface area (TPSA) is 55.1 Å². The molecule has 116 valence electrons. The molecule has 0 saturated heterocycles. The molecule has 0 fully saturated rings. The zero-order valence-electron chi connectivity index (χ0n) is 12.6. The maximum Gasteiger partial charge on any atom is 0.227 e. The van der Waals surface area contributed by atoms with Crippen LogP contribution in [0.4, 0.5) is 0 Å². The highest BCUT2D eigenvalue weighted by Crippen LogP contribution is 2.12. The molecule has 4 nitrogen and oxygen atoms in total. The van der Waals surface area contributed by atoms with Crippen molar-refractivity contribution in [2.24, 2.45) is 0 Å². The monoisotopic (exact) mass is 326 g/mol. The quantitative estimate of drug-likeness (QED) is 0.546. The van der Waals surface area contributed by atoms with Crippen molar-refractivity contribution in [1.29, 1.82) is 0 Å². The van der Waals surface area contributed by atoms with E-state index in [1.807, 2.05) is 47.3 Å². The lowest BCUT2D eigenvalue weighted by Crippen LogP contribution is -2.37. The van der Waals surface area contributed by atoms with E-state index in [9.17, 15) is 13.2 Å². The van der Waals surface area contributed by atoms with Crippen LogP contribution in [0.15, 0.2) is 71.9 Å². The smallest absolute Gasteiger partial charge is 0.227 e. The van der Waals surface area contributed by atoms with Crippen LogP contribution >= 0.6 is 0 Å². The van der Waals surface area contributed by atoms with E-state index in [1.54, 1.807) is 12.1 Å². The first-order chi connectivity index (χ1) is 10.9. The van der Waals surface area contributed by atoms with E-state index in [0.29, 0.717) is 5.56 Å². The standard InChI is InChI=1S/C18H16NO3S/c1-23(21,22)17-8-6-15(7-9-17)18(20)13-19-11-10-14-4-2-3-5-16(14)12-19/h2-12H,13H2,1H3/q+1. The van der Waals surface area contributed by atoms with E-state index in [2.05, 4.69) is 0 Å². The molecule has 0 saturated carbocycles. The van der Waals surface area contributed by atoms with Gasteiger partial charge < -0.3 is 0 Å². The average molecular weight is 326 g/mol. The summed E-state index contributed by atoms with van der Waals surface area (Å²) >= 11 is 0. The van der Waals surface area contributed by atoms with E-state index < -0.39 is 9.84 Å². The molecule has 0 spiro atoms. The first-order valence-corrected chi connectivity index (χ1v) is 9.04. The predicted octanol–water partition coefficient (Wildman–Crippen LogP) is 2.41. The maximum absolute atomic E-state index is 12.3. The van der Waals surface area contributed by atoms with Crippen LogP contribution in [0, 0.1) is 0 Å². The summed E-state index contributed by atoms with van der Waals surface area (Å²) in [6.45, 7) is 0.211. The lowest BCUT2D eigenvalue weighted by Gasteiger charge is -2.02. The molecule has 0 atom stereocenters. The van der Waals surface area contributed by atoms with Crippen LogP contribution in [-0.4, -0.2) is 20.5 Å². The first-order valence-electron chi connectivity index (χ1n) is 7.15. The number of ketones is 1. The second-order valence-corrected chi connectivity index (χ2v) is 7.48.